The fraction of sp³-hybridized carbons (Fsp3) is 0.200. The highest BCUT2D eigenvalue weighted by Crippen LogP contribution is 2.17. The van der Waals surface area contributed by atoms with Crippen molar-refractivity contribution >= 4 is 23.1 Å². The lowest BCUT2D eigenvalue weighted by Crippen LogP contribution is -2.42. The standard InChI is InChI=1S/C20H19N3O2S/c1-14-4-3-5-16(10-14)22-12-21-20-23(13-22)19(24)18(26-20)11-15-6-8-17(25-2)9-7-15/h3-11H,12-13H2,1-2H3. The van der Waals surface area contributed by atoms with Gasteiger partial charge in [0.15, 0.2) is 4.80 Å². The van der Waals surface area contributed by atoms with Gasteiger partial charge < -0.3 is 9.64 Å². The maximum Gasteiger partial charge on any atom is 0.271 e. The smallest absolute Gasteiger partial charge is 0.271 e. The molecule has 0 bridgehead atoms. The molecule has 0 saturated heterocycles. The van der Waals surface area contributed by atoms with Crippen LogP contribution in [0, 0.1) is 6.92 Å². The molecule has 1 aromatic heterocycles. The average molecular weight is 365 g/mol. The second kappa shape index (κ2) is 6.80. The van der Waals surface area contributed by atoms with E-state index in [0.29, 0.717) is 17.9 Å². The van der Waals surface area contributed by atoms with Crippen molar-refractivity contribution in [3.63, 3.8) is 0 Å². The summed E-state index contributed by atoms with van der Waals surface area (Å²) in [4.78, 5) is 20.3. The number of rotatable bonds is 3. The van der Waals surface area contributed by atoms with E-state index in [0.717, 1.165) is 21.8 Å². The first kappa shape index (κ1) is 16.6. The molecule has 0 fully saturated rings. The number of anilines is 1. The Morgan fingerprint density at radius 1 is 1.19 bits per heavy atom. The molecule has 0 atom stereocenters. The maximum absolute atomic E-state index is 12.8. The van der Waals surface area contributed by atoms with Crippen molar-refractivity contribution in [1.82, 2.24) is 4.57 Å². The third-order valence-electron chi connectivity index (χ3n) is 4.36. The molecule has 132 valence electrons. The maximum atomic E-state index is 12.8. The largest absolute Gasteiger partial charge is 0.497 e. The number of aromatic nitrogens is 1. The van der Waals surface area contributed by atoms with Crippen LogP contribution < -0.4 is 24.5 Å². The SMILES string of the molecule is COc1ccc(C=c2sc3n(c2=O)CN(c2cccc(C)c2)CN=3)cc1. The second-order valence-electron chi connectivity index (χ2n) is 6.22. The molecule has 2 aromatic carbocycles. The summed E-state index contributed by atoms with van der Waals surface area (Å²) >= 11 is 1.44. The molecule has 0 saturated carbocycles. The molecule has 0 N–H and O–H groups in total. The molecular formula is C20H19N3O2S. The summed E-state index contributed by atoms with van der Waals surface area (Å²) in [7, 11) is 1.64. The van der Waals surface area contributed by atoms with E-state index >= 15 is 0 Å². The zero-order valence-electron chi connectivity index (χ0n) is 14.7. The lowest BCUT2D eigenvalue weighted by molar-refractivity contribution is 0.415. The Hall–Kier alpha value is -2.86. The first-order valence-corrected chi connectivity index (χ1v) is 9.17. The number of hydrogen-bond donors (Lipinski definition) is 0. The zero-order chi connectivity index (χ0) is 18.1. The number of fused-ring (bicyclic) bond motifs is 1. The van der Waals surface area contributed by atoms with Gasteiger partial charge >= 0.3 is 0 Å². The zero-order valence-corrected chi connectivity index (χ0v) is 15.5. The van der Waals surface area contributed by atoms with Crippen LogP contribution in [0.5, 0.6) is 5.75 Å². The fourth-order valence-electron chi connectivity index (χ4n) is 2.95. The predicted molar refractivity (Wildman–Crippen MR) is 104 cm³/mol. The third-order valence-corrected chi connectivity index (χ3v) is 5.40. The first-order chi connectivity index (χ1) is 12.6. The highest BCUT2D eigenvalue weighted by molar-refractivity contribution is 7.07. The Morgan fingerprint density at radius 2 is 2.00 bits per heavy atom. The van der Waals surface area contributed by atoms with E-state index in [-0.39, 0.29) is 5.56 Å². The van der Waals surface area contributed by atoms with Gasteiger partial charge in [0.05, 0.1) is 11.6 Å². The van der Waals surface area contributed by atoms with E-state index in [2.05, 4.69) is 35.0 Å². The topological polar surface area (TPSA) is 46.8 Å². The highest BCUT2D eigenvalue weighted by Gasteiger charge is 2.15. The molecule has 0 radical (unpaired) electrons. The number of hydrogen-bond acceptors (Lipinski definition) is 5. The summed E-state index contributed by atoms with van der Waals surface area (Å²) in [6.45, 7) is 3.15. The number of ether oxygens (including phenoxy) is 1. The lowest BCUT2D eigenvalue weighted by atomic mass is 10.2. The van der Waals surface area contributed by atoms with Crippen molar-refractivity contribution in [3.05, 3.63) is 79.3 Å². The molecule has 3 aromatic rings. The predicted octanol–water partition coefficient (Wildman–Crippen LogP) is 2.11. The summed E-state index contributed by atoms with van der Waals surface area (Å²) in [5.41, 5.74) is 3.25. The average Bonchev–Trinajstić information content (AvgIpc) is 2.97. The quantitative estimate of drug-likeness (QED) is 0.714. The molecule has 0 unspecified atom stereocenters. The van der Waals surface area contributed by atoms with Gasteiger partial charge in [-0.2, -0.15) is 0 Å². The Bertz CT molecular complexity index is 1110. The number of methoxy groups -OCH3 is 1. The van der Waals surface area contributed by atoms with E-state index in [4.69, 9.17) is 4.74 Å². The minimum absolute atomic E-state index is 0.00178. The molecule has 1 aliphatic heterocycles. The summed E-state index contributed by atoms with van der Waals surface area (Å²) in [6, 6.07) is 15.9. The van der Waals surface area contributed by atoms with Gasteiger partial charge in [0, 0.05) is 5.69 Å². The van der Waals surface area contributed by atoms with Crippen LogP contribution in [0.1, 0.15) is 11.1 Å². The van der Waals surface area contributed by atoms with Crippen molar-refractivity contribution < 1.29 is 4.74 Å². The molecule has 5 nitrogen and oxygen atoms in total. The lowest BCUT2D eigenvalue weighted by Gasteiger charge is -2.25. The van der Waals surface area contributed by atoms with E-state index in [1.54, 1.807) is 11.7 Å². The van der Waals surface area contributed by atoms with Gasteiger partial charge in [-0.3, -0.25) is 9.36 Å². The van der Waals surface area contributed by atoms with E-state index in [1.165, 1.54) is 16.9 Å². The molecule has 0 aliphatic carbocycles. The van der Waals surface area contributed by atoms with Gasteiger partial charge in [-0.05, 0) is 48.4 Å². The Labute approximate surface area is 155 Å². The van der Waals surface area contributed by atoms with Gasteiger partial charge in [0.1, 0.15) is 19.1 Å². The molecule has 26 heavy (non-hydrogen) atoms. The van der Waals surface area contributed by atoms with Crippen LogP contribution in [-0.2, 0) is 6.67 Å². The van der Waals surface area contributed by atoms with Crippen LogP contribution >= 0.6 is 11.3 Å². The van der Waals surface area contributed by atoms with Crippen molar-refractivity contribution in [1.29, 1.82) is 0 Å². The van der Waals surface area contributed by atoms with Gasteiger partial charge in [-0.25, -0.2) is 4.99 Å². The van der Waals surface area contributed by atoms with Crippen LogP contribution in [-0.4, -0.2) is 18.3 Å². The van der Waals surface area contributed by atoms with E-state index < -0.39 is 0 Å². The van der Waals surface area contributed by atoms with E-state index in [9.17, 15) is 4.79 Å². The highest BCUT2D eigenvalue weighted by atomic mass is 32.1. The minimum atomic E-state index is 0.00178. The Kier molecular flexibility index (Phi) is 4.34. The number of nitrogens with zero attached hydrogens (tertiary/aromatic N) is 3. The number of thiazole rings is 1. The molecule has 0 amide bonds. The molecular weight excluding hydrogens is 346 g/mol. The number of aryl methyl sites for hydroxylation is 1. The molecule has 1 aliphatic rings. The Morgan fingerprint density at radius 3 is 2.73 bits per heavy atom. The summed E-state index contributed by atoms with van der Waals surface area (Å²) in [6.07, 6.45) is 1.91. The number of benzene rings is 2. The van der Waals surface area contributed by atoms with Gasteiger partial charge in [0.2, 0.25) is 0 Å². The normalized spacial score (nSPS) is 14.1. The third kappa shape index (κ3) is 3.15. The molecule has 6 heteroatoms. The van der Waals surface area contributed by atoms with Crippen molar-refractivity contribution in [2.45, 2.75) is 13.6 Å². The summed E-state index contributed by atoms with van der Waals surface area (Å²) in [5.74, 6) is 0.799. The fourth-order valence-corrected chi connectivity index (χ4v) is 3.91. The second-order valence-corrected chi connectivity index (χ2v) is 7.23. The summed E-state index contributed by atoms with van der Waals surface area (Å²) < 4.78 is 7.61. The Balaban J connectivity index is 1.69. The molecule has 2 heterocycles. The van der Waals surface area contributed by atoms with Crippen LogP contribution in [0.2, 0.25) is 0 Å². The van der Waals surface area contributed by atoms with Crippen LogP contribution in [0.25, 0.3) is 6.08 Å². The van der Waals surface area contributed by atoms with Gasteiger partial charge in [-0.15, -0.1) is 0 Å². The van der Waals surface area contributed by atoms with Crippen LogP contribution in [0.3, 0.4) is 0 Å². The van der Waals surface area contributed by atoms with Gasteiger partial charge in [0.25, 0.3) is 5.56 Å². The first-order valence-electron chi connectivity index (χ1n) is 8.35. The van der Waals surface area contributed by atoms with Crippen molar-refractivity contribution in [2.75, 3.05) is 18.7 Å². The van der Waals surface area contributed by atoms with E-state index in [1.807, 2.05) is 36.4 Å². The van der Waals surface area contributed by atoms with Crippen molar-refractivity contribution in [3.8, 4) is 5.75 Å². The summed E-state index contributed by atoms with van der Waals surface area (Å²) in [5, 5.41) is 0. The van der Waals surface area contributed by atoms with Crippen molar-refractivity contribution in [2.24, 2.45) is 4.99 Å². The molecule has 4 rings (SSSR count). The monoisotopic (exact) mass is 365 g/mol. The van der Waals surface area contributed by atoms with Crippen LogP contribution in [0.15, 0.2) is 58.3 Å². The minimum Gasteiger partial charge on any atom is -0.497 e. The van der Waals surface area contributed by atoms with Crippen LogP contribution in [0.4, 0.5) is 5.69 Å². The van der Waals surface area contributed by atoms with Gasteiger partial charge in [-0.1, -0.05) is 35.6 Å². The molecule has 0 spiro atoms.